The van der Waals surface area contributed by atoms with Crippen LogP contribution in [-0.2, 0) is 4.79 Å². The lowest BCUT2D eigenvalue weighted by atomic mass is 9.50. The van der Waals surface area contributed by atoms with Gasteiger partial charge in [0.05, 0.1) is 0 Å². The molecule has 4 rings (SSSR count). The summed E-state index contributed by atoms with van der Waals surface area (Å²) in [5.74, 6) is 2.80. The number of fused-ring (bicyclic) bond motifs is 5. The summed E-state index contributed by atoms with van der Waals surface area (Å²) >= 11 is 3.90. The molecule has 122 valence electrons. The van der Waals surface area contributed by atoms with Crippen LogP contribution in [0.1, 0.15) is 65.2 Å². The molecule has 0 bridgehead atoms. The summed E-state index contributed by atoms with van der Waals surface area (Å²) in [6.07, 6.45) is 9.98. The third kappa shape index (κ3) is 1.87. The molecule has 5 atom stereocenters. The van der Waals surface area contributed by atoms with Crippen LogP contribution >= 0.6 is 15.9 Å². The number of allylic oxidation sites excluding steroid dienone is 2. The Labute approximate surface area is 142 Å². The average Bonchev–Trinajstić information content (AvgIpc) is 2.85. The Morgan fingerprint density at radius 1 is 1.14 bits per heavy atom. The van der Waals surface area contributed by atoms with Crippen molar-refractivity contribution in [1.82, 2.24) is 4.90 Å². The number of hydrogen-bond acceptors (Lipinski definition) is 1. The van der Waals surface area contributed by atoms with E-state index in [0.29, 0.717) is 11.3 Å². The van der Waals surface area contributed by atoms with E-state index in [1.165, 1.54) is 42.3 Å². The van der Waals surface area contributed by atoms with Gasteiger partial charge < -0.3 is 4.90 Å². The van der Waals surface area contributed by atoms with Gasteiger partial charge in [0.2, 0.25) is 5.91 Å². The van der Waals surface area contributed by atoms with Crippen molar-refractivity contribution in [1.29, 1.82) is 0 Å². The molecule has 0 unspecified atom stereocenters. The van der Waals surface area contributed by atoms with Gasteiger partial charge in [-0.05, 0) is 61.7 Å². The number of hydrogen-bond donors (Lipinski definition) is 0. The molecule has 3 fully saturated rings. The Morgan fingerprint density at radius 2 is 1.91 bits per heavy atom. The lowest BCUT2D eigenvalue weighted by Crippen LogP contribution is -2.53. The maximum atomic E-state index is 12.2. The maximum absolute atomic E-state index is 12.2. The largest absolute Gasteiger partial charge is 0.318 e. The fourth-order valence-electron chi connectivity index (χ4n) is 6.67. The Bertz CT molecular complexity index is 556. The molecule has 0 aromatic carbocycles. The predicted molar refractivity (Wildman–Crippen MR) is 92.3 cm³/mol. The maximum Gasteiger partial charge on any atom is 0.226 e. The van der Waals surface area contributed by atoms with E-state index in [4.69, 9.17) is 0 Å². The van der Waals surface area contributed by atoms with Crippen molar-refractivity contribution in [3.63, 3.8) is 0 Å². The number of likely N-dealkylation sites (tertiary alicyclic amines) is 1. The summed E-state index contributed by atoms with van der Waals surface area (Å²) in [7, 11) is 1.99. The molecule has 0 aromatic heterocycles. The highest BCUT2D eigenvalue weighted by molar-refractivity contribution is 9.11. The van der Waals surface area contributed by atoms with Gasteiger partial charge in [0.25, 0.3) is 0 Å². The summed E-state index contributed by atoms with van der Waals surface area (Å²) in [5, 5.41) is 0. The molecular weight excluding hydrogens is 338 g/mol. The zero-order valence-electron chi connectivity index (χ0n) is 14.1. The van der Waals surface area contributed by atoms with Crippen LogP contribution in [0.3, 0.4) is 0 Å². The molecule has 2 nitrogen and oxygen atoms in total. The van der Waals surface area contributed by atoms with E-state index < -0.39 is 0 Å². The van der Waals surface area contributed by atoms with Gasteiger partial charge in [0.1, 0.15) is 0 Å². The van der Waals surface area contributed by atoms with Gasteiger partial charge >= 0.3 is 0 Å². The van der Waals surface area contributed by atoms with Gasteiger partial charge in [0.15, 0.2) is 0 Å². The first-order chi connectivity index (χ1) is 10.4. The van der Waals surface area contributed by atoms with Crippen molar-refractivity contribution < 1.29 is 4.79 Å². The first kappa shape index (κ1) is 15.2. The van der Waals surface area contributed by atoms with E-state index in [0.717, 1.165) is 37.0 Å². The first-order valence-electron chi connectivity index (χ1n) is 9.02. The molecule has 22 heavy (non-hydrogen) atoms. The summed E-state index contributed by atoms with van der Waals surface area (Å²) in [4.78, 5) is 14.2. The molecule has 1 saturated heterocycles. The number of rotatable bonds is 0. The van der Waals surface area contributed by atoms with Crippen LogP contribution in [0.25, 0.3) is 0 Å². The fraction of sp³-hybridized carbons (Fsp3) is 0.842. The van der Waals surface area contributed by atoms with Gasteiger partial charge in [-0.1, -0.05) is 36.2 Å². The zero-order chi connectivity index (χ0) is 15.7. The van der Waals surface area contributed by atoms with Crippen LogP contribution in [0, 0.1) is 28.6 Å². The van der Waals surface area contributed by atoms with Crippen LogP contribution in [0.5, 0.6) is 0 Å². The van der Waals surface area contributed by atoms with E-state index >= 15 is 0 Å². The molecule has 1 amide bonds. The second-order valence-corrected chi connectivity index (χ2v) is 9.75. The van der Waals surface area contributed by atoms with Crippen molar-refractivity contribution in [2.24, 2.45) is 28.6 Å². The SMILES string of the molecule is CN1C(=O)CC[C@@]2(C)C1=C(Br)C[C@@H]1[C@H]2CC[C@]2(C)CCC[C@@H]12. The minimum Gasteiger partial charge on any atom is -0.318 e. The molecule has 0 N–H and O–H groups in total. The van der Waals surface area contributed by atoms with Crippen molar-refractivity contribution in [2.45, 2.75) is 65.2 Å². The first-order valence-corrected chi connectivity index (χ1v) is 9.82. The molecular formula is C19H28BrNO. The lowest BCUT2D eigenvalue weighted by molar-refractivity contribution is -0.135. The average molecular weight is 366 g/mol. The summed E-state index contributed by atoms with van der Waals surface area (Å²) in [6.45, 7) is 4.99. The van der Waals surface area contributed by atoms with Crippen molar-refractivity contribution in [3.05, 3.63) is 10.2 Å². The second-order valence-electron chi connectivity index (χ2n) is 8.79. The number of halogens is 1. The molecule has 1 heterocycles. The Morgan fingerprint density at radius 3 is 2.68 bits per heavy atom. The summed E-state index contributed by atoms with van der Waals surface area (Å²) in [6, 6.07) is 0. The molecule has 3 aliphatic carbocycles. The standard InChI is InChI=1S/C19H28BrNO/c1-18-8-4-5-13(18)12-11-15(20)17-19(2,14(12)6-9-18)10-7-16(22)21(17)3/h12-14H,4-11H2,1-3H3/t12-,13-,14+,18-,19+/m0/s1. The predicted octanol–water partition coefficient (Wildman–Crippen LogP) is 5.09. The Kier molecular flexibility index (Phi) is 3.35. The topological polar surface area (TPSA) is 20.3 Å². The molecule has 0 radical (unpaired) electrons. The number of carbonyl (C=O) groups excluding carboxylic acids is 1. The third-order valence-electron chi connectivity index (χ3n) is 7.82. The van der Waals surface area contributed by atoms with Crippen LogP contribution in [0.2, 0.25) is 0 Å². The quantitative estimate of drug-likeness (QED) is 0.585. The third-order valence-corrected chi connectivity index (χ3v) is 8.52. The van der Waals surface area contributed by atoms with Crippen LogP contribution in [0.15, 0.2) is 10.2 Å². The summed E-state index contributed by atoms with van der Waals surface area (Å²) < 4.78 is 1.32. The number of amides is 1. The lowest BCUT2D eigenvalue weighted by Gasteiger charge is -2.58. The van der Waals surface area contributed by atoms with Gasteiger partial charge in [0, 0.05) is 29.1 Å². The normalized spacial score (nSPS) is 48.1. The monoisotopic (exact) mass is 365 g/mol. The van der Waals surface area contributed by atoms with Crippen molar-refractivity contribution in [3.8, 4) is 0 Å². The number of nitrogens with zero attached hydrogens (tertiary/aromatic N) is 1. The van der Waals surface area contributed by atoms with E-state index in [1.807, 2.05) is 11.9 Å². The minimum absolute atomic E-state index is 0.203. The molecule has 0 spiro atoms. The van der Waals surface area contributed by atoms with Gasteiger partial charge in [-0.3, -0.25) is 4.79 Å². The number of piperidine rings is 1. The van der Waals surface area contributed by atoms with Gasteiger partial charge in [-0.15, -0.1) is 0 Å². The Hall–Kier alpha value is -0.310. The van der Waals surface area contributed by atoms with Gasteiger partial charge in [-0.2, -0.15) is 0 Å². The van der Waals surface area contributed by atoms with Crippen LogP contribution in [-0.4, -0.2) is 17.9 Å². The molecule has 4 aliphatic rings. The van der Waals surface area contributed by atoms with Crippen molar-refractivity contribution in [2.75, 3.05) is 7.05 Å². The van der Waals surface area contributed by atoms with E-state index in [9.17, 15) is 4.79 Å². The highest BCUT2D eigenvalue weighted by atomic mass is 79.9. The van der Waals surface area contributed by atoms with E-state index in [1.54, 1.807) is 0 Å². The van der Waals surface area contributed by atoms with Crippen LogP contribution < -0.4 is 0 Å². The highest BCUT2D eigenvalue weighted by Crippen LogP contribution is 2.66. The molecule has 1 aliphatic heterocycles. The van der Waals surface area contributed by atoms with Crippen molar-refractivity contribution >= 4 is 21.8 Å². The zero-order valence-corrected chi connectivity index (χ0v) is 15.7. The Balaban J connectivity index is 1.77. The molecule has 0 aromatic rings. The fourth-order valence-corrected chi connectivity index (χ4v) is 7.77. The number of carbonyl (C=O) groups is 1. The molecule has 2 saturated carbocycles. The highest BCUT2D eigenvalue weighted by Gasteiger charge is 2.58. The summed E-state index contributed by atoms with van der Waals surface area (Å²) in [5.41, 5.74) is 2.11. The minimum atomic E-state index is 0.203. The van der Waals surface area contributed by atoms with E-state index in [2.05, 4.69) is 29.8 Å². The van der Waals surface area contributed by atoms with E-state index in [-0.39, 0.29) is 5.41 Å². The van der Waals surface area contributed by atoms with Crippen LogP contribution in [0.4, 0.5) is 0 Å². The molecule has 3 heteroatoms. The van der Waals surface area contributed by atoms with Gasteiger partial charge in [-0.25, -0.2) is 0 Å². The second kappa shape index (κ2) is 4.84. The smallest absolute Gasteiger partial charge is 0.226 e.